The summed E-state index contributed by atoms with van der Waals surface area (Å²) in [5.74, 6) is -0.544. The molecule has 5 nitrogen and oxygen atoms in total. The minimum Gasteiger partial charge on any atom is -0.352 e. The van der Waals surface area contributed by atoms with E-state index in [0.29, 0.717) is 12.1 Å². The number of halogens is 3. The minimum absolute atomic E-state index is 0.0241. The molecule has 0 fully saturated rings. The van der Waals surface area contributed by atoms with E-state index in [0.717, 1.165) is 9.78 Å². The molecule has 0 saturated heterocycles. The first-order chi connectivity index (χ1) is 11.8. The van der Waals surface area contributed by atoms with Crippen molar-refractivity contribution in [1.82, 2.24) is 15.2 Å². The van der Waals surface area contributed by atoms with Crippen LogP contribution in [0.5, 0.6) is 0 Å². The number of aromatic amines is 1. The lowest BCUT2D eigenvalue weighted by molar-refractivity contribution is -0.143. The zero-order valence-electron chi connectivity index (χ0n) is 13.5. The number of hydrogen-bond acceptors (Lipinski definition) is 4. The van der Waals surface area contributed by atoms with Crippen LogP contribution in [0.2, 0.25) is 0 Å². The van der Waals surface area contributed by atoms with Crippen LogP contribution >= 0.6 is 11.3 Å². The number of aromatic nitrogens is 1. The van der Waals surface area contributed by atoms with Gasteiger partial charge in [0.1, 0.15) is 5.56 Å². The fraction of sp³-hybridized carbons (Fsp3) is 0.375. The van der Waals surface area contributed by atoms with E-state index in [1.165, 1.54) is 24.5 Å². The Morgan fingerprint density at radius 2 is 2.08 bits per heavy atom. The van der Waals surface area contributed by atoms with E-state index >= 15 is 0 Å². The molecule has 2 rings (SSSR count). The van der Waals surface area contributed by atoms with Crippen LogP contribution in [0.4, 0.5) is 13.2 Å². The Hall–Kier alpha value is -2.13. The molecular formula is C16H18F3N3O2S. The van der Waals surface area contributed by atoms with Crippen molar-refractivity contribution in [3.8, 4) is 10.6 Å². The van der Waals surface area contributed by atoms with Crippen molar-refractivity contribution >= 4 is 17.2 Å². The standard InChI is InChI=1S/C16H18F3N3O2S/c1-22(10-16(17,18)19)8-3-7-20-14(23)11-5-6-12(21-15(11)24)13-4-2-9-25-13/h2,4-6,9H,3,7-8,10H2,1H3,(H,20,23)(H,21,24). The number of amides is 1. The molecule has 0 atom stereocenters. The molecule has 0 aromatic carbocycles. The molecule has 2 N–H and O–H groups in total. The molecule has 2 aromatic heterocycles. The second-order valence-electron chi connectivity index (χ2n) is 5.55. The molecule has 0 radical (unpaired) electrons. The maximum atomic E-state index is 12.2. The molecule has 25 heavy (non-hydrogen) atoms. The first kappa shape index (κ1) is 19.2. The van der Waals surface area contributed by atoms with Crippen LogP contribution in [0.3, 0.4) is 0 Å². The van der Waals surface area contributed by atoms with Crippen LogP contribution in [-0.2, 0) is 0 Å². The van der Waals surface area contributed by atoms with Gasteiger partial charge in [-0.15, -0.1) is 11.3 Å². The number of pyridine rings is 1. The SMILES string of the molecule is CN(CCCNC(=O)c1ccc(-c2cccs2)[nH]c1=O)CC(F)(F)F. The Morgan fingerprint density at radius 1 is 1.32 bits per heavy atom. The molecule has 0 aliphatic rings. The lowest BCUT2D eigenvalue weighted by Crippen LogP contribution is -2.34. The molecule has 136 valence electrons. The fourth-order valence-corrected chi connectivity index (χ4v) is 2.97. The Balaban J connectivity index is 1.84. The molecule has 0 spiro atoms. The van der Waals surface area contributed by atoms with Crippen molar-refractivity contribution < 1.29 is 18.0 Å². The second kappa shape index (κ2) is 8.30. The highest BCUT2D eigenvalue weighted by Crippen LogP contribution is 2.21. The molecule has 0 saturated carbocycles. The maximum Gasteiger partial charge on any atom is 0.401 e. The number of nitrogens with one attached hydrogen (secondary N) is 2. The van der Waals surface area contributed by atoms with Gasteiger partial charge >= 0.3 is 6.18 Å². The summed E-state index contributed by atoms with van der Waals surface area (Å²) in [6.45, 7) is -0.620. The molecule has 0 aliphatic heterocycles. The van der Waals surface area contributed by atoms with Gasteiger partial charge in [0.15, 0.2) is 0 Å². The largest absolute Gasteiger partial charge is 0.401 e. The monoisotopic (exact) mass is 373 g/mol. The zero-order valence-corrected chi connectivity index (χ0v) is 14.3. The summed E-state index contributed by atoms with van der Waals surface area (Å²) in [6.07, 6.45) is -3.89. The summed E-state index contributed by atoms with van der Waals surface area (Å²) < 4.78 is 36.6. The quantitative estimate of drug-likeness (QED) is 0.734. The van der Waals surface area contributed by atoms with Gasteiger partial charge < -0.3 is 10.3 Å². The number of alkyl halides is 3. The Bertz CT molecular complexity index is 757. The number of nitrogens with zero attached hydrogens (tertiary/aromatic N) is 1. The average Bonchev–Trinajstić information content (AvgIpc) is 3.04. The van der Waals surface area contributed by atoms with Gasteiger partial charge in [-0.05, 0) is 43.6 Å². The van der Waals surface area contributed by atoms with Gasteiger partial charge in [-0.25, -0.2) is 0 Å². The number of rotatable bonds is 7. The third-order valence-electron chi connectivity index (χ3n) is 3.39. The van der Waals surface area contributed by atoms with E-state index in [-0.39, 0.29) is 18.7 Å². The summed E-state index contributed by atoms with van der Waals surface area (Å²) in [4.78, 5) is 28.7. The first-order valence-electron chi connectivity index (χ1n) is 7.57. The molecule has 0 bridgehead atoms. The number of thiophene rings is 1. The van der Waals surface area contributed by atoms with Gasteiger partial charge in [0, 0.05) is 6.54 Å². The Kier molecular flexibility index (Phi) is 6.38. The van der Waals surface area contributed by atoms with Crippen LogP contribution < -0.4 is 10.9 Å². The second-order valence-corrected chi connectivity index (χ2v) is 6.50. The zero-order chi connectivity index (χ0) is 18.4. The summed E-state index contributed by atoms with van der Waals surface area (Å²) in [5, 5.41) is 4.43. The summed E-state index contributed by atoms with van der Waals surface area (Å²) in [5.41, 5.74) is 0.104. The summed E-state index contributed by atoms with van der Waals surface area (Å²) in [6, 6.07) is 6.81. The van der Waals surface area contributed by atoms with Gasteiger partial charge in [-0.2, -0.15) is 13.2 Å². The predicted octanol–water partition coefficient (Wildman–Crippen LogP) is 2.72. The summed E-state index contributed by atoms with van der Waals surface area (Å²) in [7, 11) is 1.36. The predicted molar refractivity (Wildman–Crippen MR) is 90.9 cm³/mol. The van der Waals surface area contributed by atoms with Crippen LogP contribution in [0.1, 0.15) is 16.8 Å². The average molecular weight is 373 g/mol. The number of hydrogen-bond donors (Lipinski definition) is 2. The highest BCUT2D eigenvalue weighted by molar-refractivity contribution is 7.13. The highest BCUT2D eigenvalue weighted by Gasteiger charge is 2.28. The van der Waals surface area contributed by atoms with Crippen LogP contribution in [0, 0.1) is 0 Å². The van der Waals surface area contributed by atoms with Crippen molar-refractivity contribution in [2.45, 2.75) is 12.6 Å². The summed E-state index contributed by atoms with van der Waals surface area (Å²) >= 11 is 1.47. The van der Waals surface area contributed by atoms with E-state index in [4.69, 9.17) is 0 Å². The molecule has 1 amide bonds. The number of carbonyl (C=O) groups excluding carboxylic acids is 1. The van der Waals surface area contributed by atoms with Gasteiger partial charge in [0.25, 0.3) is 11.5 Å². The molecule has 2 aromatic rings. The van der Waals surface area contributed by atoms with Gasteiger partial charge in [-0.1, -0.05) is 6.07 Å². The lowest BCUT2D eigenvalue weighted by atomic mass is 10.2. The van der Waals surface area contributed by atoms with E-state index < -0.39 is 24.2 Å². The molecule has 0 aliphatic carbocycles. The van der Waals surface area contributed by atoms with Crippen molar-refractivity contribution in [1.29, 1.82) is 0 Å². The maximum absolute atomic E-state index is 12.2. The van der Waals surface area contributed by atoms with Gasteiger partial charge in [0.2, 0.25) is 0 Å². The Labute approximate surface area is 146 Å². The molecule has 0 unspecified atom stereocenters. The van der Waals surface area contributed by atoms with E-state index in [9.17, 15) is 22.8 Å². The third kappa shape index (κ3) is 6.02. The van der Waals surface area contributed by atoms with E-state index in [2.05, 4.69) is 10.3 Å². The normalized spacial score (nSPS) is 11.7. The van der Waals surface area contributed by atoms with Crippen LogP contribution in [0.15, 0.2) is 34.4 Å². The fourth-order valence-electron chi connectivity index (χ4n) is 2.26. The van der Waals surface area contributed by atoms with E-state index in [1.807, 2.05) is 17.5 Å². The number of carbonyl (C=O) groups is 1. The molecule has 2 heterocycles. The van der Waals surface area contributed by atoms with Crippen LogP contribution in [0.25, 0.3) is 10.6 Å². The van der Waals surface area contributed by atoms with Gasteiger partial charge in [0.05, 0.1) is 17.1 Å². The Morgan fingerprint density at radius 3 is 2.68 bits per heavy atom. The highest BCUT2D eigenvalue weighted by atomic mass is 32.1. The van der Waals surface area contributed by atoms with Crippen molar-refractivity contribution in [3.05, 3.63) is 45.6 Å². The minimum atomic E-state index is -4.24. The van der Waals surface area contributed by atoms with Crippen molar-refractivity contribution in [2.75, 3.05) is 26.7 Å². The smallest absolute Gasteiger partial charge is 0.352 e. The van der Waals surface area contributed by atoms with Crippen molar-refractivity contribution in [2.24, 2.45) is 0 Å². The van der Waals surface area contributed by atoms with Crippen LogP contribution in [-0.4, -0.2) is 48.6 Å². The van der Waals surface area contributed by atoms with E-state index in [1.54, 1.807) is 6.07 Å². The topological polar surface area (TPSA) is 65.2 Å². The molecular weight excluding hydrogens is 355 g/mol. The number of H-pyrrole nitrogens is 1. The third-order valence-corrected chi connectivity index (χ3v) is 4.30. The van der Waals surface area contributed by atoms with Crippen molar-refractivity contribution in [3.63, 3.8) is 0 Å². The lowest BCUT2D eigenvalue weighted by Gasteiger charge is -2.18. The molecule has 9 heteroatoms. The van der Waals surface area contributed by atoms with Gasteiger partial charge in [-0.3, -0.25) is 14.5 Å². The first-order valence-corrected chi connectivity index (χ1v) is 8.45.